The van der Waals surface area contributed by atoms with E-state index in [1.165, 1.54) is 5.56 Å². The van der Waals surface area contributed by atoms with Crippen molar-refractivity contribution in [3.8, 4) is 11.3 Å². The molecular formula is C16H15N. The molecule has 1 nitrogen and oxygen atoms in total. The van der Waals surface area contributed by atoms with Crippen LogP contribution >= 0.6 is 0 Å². The molecule has 0 aliphatic carbocycles. The van der Waals surface area contributed by atoms with Crippen molar-refractivity contribution in [1.82, 2.24) is 4.98 Å². The molecule has 0 aliphatic rings. The zero-order chi connectivity index (χ0) is 12.1. The summed E-state index contributed by atoms with van der Waals surface area (Å²) in [6.45, 7) is 5.83. The van der Waals surface area contributed by atoms with Gasteiger partial charge in [-0.1, -0.05) is 49.1 Å². The number of nitrogens with zero attached hydrogens (tertiary/aromatic N) is 1. The van der Waals surface area contributed by atoms with Crippen LogP contribution in [0, 0.1) is 0 Å². The smallest absolute Gasteiger partial charge is 0.0701 e. The second-order valence-corrected chi connectivity index (χ2v) is 3.74. The van der Waals surface area contributed by atoms with Crippen LogP contribution in [-0.2, 0) is 0 Å². The Balaban J connectivity index is 2.34. The van der Waals surface area contributed by atoms with Crippen molar-refractivity contribution in [3.05, 3.63) is 73.0 Å². The highest BCUT2D eigenvalue weighted by Gasteiger charge is 1.99. The van der Waals surface area contributed by atoms with Gasteiger partial charge in [0.05, 0.1) is 5.69 Å². The molecule has 0 saturated heterocycles. The van der Waals surface area contributed by atoms with Gasteiger partial charge in [0, 0.05) is 11.8 Å². The van der Waals surface area contributed by atoms with Crippen LogP contribution in [0.5, 0.6) is 0 Å². The van der Waals surface area contributed by atoms with E-state index < -0.39 is 0 Å². The number of rotatable bonds is 3. The van der Waals surface area contributed by atoms with Crippen molar-refractivity contribution in [2.45, 2.75) is 6.92 Å². The summed E-state index contributed by atoms with van der Waals surface area (Å²) >= 11 is 0. The van der Waals surface area contributed by atoms with Crippen LogP contribution in [-0.4, -0.2) is 4.98 Å². The Morgan fingerprint density at radius 1 is 1.12 bits per heavy atom. The highest BCUT2D eigenvalue weighted by atomic mass is 14.7. The van der Waals surface area contributed by atoms with Crippen LogP contribution in [0.4, 0.5) is 0 Å². The summed E-state index contributed by atoms with van der Waals surface area (Å²) < 4.78 is 0. The second-order valence-electron chi connectivity index (χ2n) is 3.74. The first kappa shape index (κ1) is 11.3. The van der Waals surface area contributed by atoms with Gasteiger partial charge in [-0.25, -0.2) is 0 Å². The highest BCUT2D eigenvalue weighted by Crippen LogP contribution is 2.21. The fourth-order valence-electron chi connectivity index (χ4n) is 1.77. The van der Waals surface area contributed by atoms with Crippen molar-refractivity contribution in [2.75, 3.05) is 0 Å². The number of hydrogen-bond acceptors (Lipinski definition) is 1. The van der Waals surface area contributed by atoms with Gasteiger partial charge in [-0.15, -0.1) is 0 Å². The number of benzene rings is 1. The quantitative estimate of drug-likeness (QED) is 0.703. The summed E-state index contributed by atoms with van der Waals surface area (Å²) in [4.78, 5) is 4.33. The van der Waals surface area contributed by atoms with Crippen LogP contribution in [0.25, 0.3) is 16.8 Å². The first-order chi connectivity index (χ1) is 8.35. The lowest BCUT2D eigenvalue weighted by Gasteiger charge is -2.04. The first-order valence-electron chi connectivity index (χ1n) is 5.65. The van der Waals surface area contributed by atoms with Gasteiger partial charge in [-0.3, -0.25) is 4.98 Å². The van der Waals surface area contributed by atoms with E-state index in [4.69, 9.17) is 0 Å². The summed E-state index contributed by atoms with van der Waals surface area (Å²) in [7, 11) is 0. The summed E-state index contributed by atoms with van der Waals surface area (Å²) in [5.41, 5.74) is 4.47. The predicted molar refractivity (Wildman–Crippen MR) is 73.5 cm³/mol. The van der Waals surface area contributed by atoms with Crippen LogP contribution in [0.3, 0.4) is 0 Å². The van der Waals surface area contributed by atoms with Gasteiger partial charge in [0.15, 0.2) is 0 Å². The average molecular weight is 221 g/mol. The Labute approximate surface area is 102 Å². The molecular weight excluding hydrogens is 206 g/mol. The van der Waals surface area contributed by atoms with E-state index in [1.807, 2.05) is 37.4 Å². The van der Waals surface area contributed by atoms with Gasteiger partial charge < -0.3 is 0 Å². The van der Waals surface area contributed by atoms with E-state index in [2.05, 4.69) is 41.9 Å². The van der Waals surface area contributed by atoms with Crippen LogP contribution in [0.2, 0.25) is 0 Å². The first-order valence-corrected chi connectivity index (χ1v) is 5.65. The molecule has 17 heavy (non-hydrogen) atoms. The maximum Gasteiger partial charge on any atom is 0.0701 e. The van der Waals surface area contributed by atoms with Gasteiger partial charge in [-0.05, 0) is 30.2 Å². The number of hydrogen-bond donors (Lipinski definition) is 0. The molecule has 1 aromatic heterocycles. The molecule has 0 aliphatic heterocycles. The highest BCUT2D eigenvalue weighted by molar-refractivity contribution is 5.74. The van der Waals surface area contributed by atoms with E-state index in [9.17, 15) is 0 Å². The minimum Gasteiger partial charge on any atom is -0.256 e. The topological polar surface area (TPSA) is 12.9 Å². The lowest BCUT2D eigenvalue weighted by atomic mass is 10.0. The molecule has 0 atom stereocenters. The molecule has 0 saturated carbocycles. The molecule has 1 heterocycles. The van der Waals surface area contributed by atoms with Gasteiger partial charge in [0.1, 0.15) is 0 Å². The van der Waals surface area contributed by atoms with E-state index in [1.54, 1.807) is 0 Å². The number of pyridine rings is 1. The fourth-order valence-corrected chi connectivity index (χ4v) is 1.77. The SMILES string of the molecule is C=C/C(=C\C)c1ccc(-c2ccccn2)cc1. The summed E-state index contributed by atoms with van der Waals surface area (Å²) in [6, 6.07) is 14.3. The van der Waals surface area contributed by atoms with Gasteiger partial charge in [0.2, 0.25) is 0 Å². The molecule has 0 N–H and O–H groups in total. The monoisotopic (exact) mass is 221 g/mol. The third-order valence-corrected chi connectivity index (χ3v) is 2.71. The van der Waals surface area contributed by atoms with Crippen LogP contribution < -0.4 is 0 Å². The summed E-state index contributed by atoms with van der Waals surface area (Å²) in [5, 5.41) is 0. The van der Waals surface area contributed by atoms with E-state index in [0.29, 0.717) is 0 Å². The summed E-state index contributed by atoms with van der Waals surface area (Å²) in [5.74, 6) is 0. The third kappa shape index (κ3) is 2.51. The number of aromatic nitrogens is 1. The molecule has 2 aromatic rings. The molecule has 0 fully saturated rings. The minimum absolute atomic E-state index is 1.000. The Kier molecular flexibility index (Phi) is 3.51. The van der Waals surface area contributed by atoms with Gasteiger partial charge >= 0.3 is 0 Å². The van der Waals surface area contributed by atoms with Crippen molar-refractivity contribution in [1.29, 1.82) is 0 Å². The number of allylic oxidation sites excluding steroid dienone is 3. The molecule has 0 amide bonds. The molecule has 84 valence electrons. The largest absolute Gasteiger partial charge is 0.256 e. The third-order valence-electron chi connectivity index (χ3n) is 2.71. The molecule has 2 rings (SSSR count). The van der Waals surface area contributed by atoms with Crippen molar-refractivity contribution in [2.24, 2.45) is 0 Å². The molecule has 1 aromatic carbocycles. The fraction of sp³-hybridized carbons (Fsp3) is 0.0625. The maximum atomic E-state index is 4.33. The minimum atomic E-state index is 1.000. The molecule has 0 radical (unpaired) electrons. The average Bonchev–Trinajstić information content (AvgIpc) is 2.42. The molecule has 0 unspecified atom stereocenters. The van der Waals surface area contributed by atoms with Crippen LogP contribution in [0.1, 0.15) is 12.5 Å². The molecule has 0 spiro atoms. The zero-order valence-electron chi connectivity index (χ0n) is 9.93. The lowest BCUT2D eigenvalue weighted by Crippen LogP contribution is -1.84. The Hall–Kier alpha value is -2.15. The Morgan fingerprint density at radius 3 is 2.41 bits per heavy atom. The summed E-state index contributed by atoms with van der Waals surface area (Å²) in [6.07, 6.45) is 5.74. The van der Waals surface area contributed by atoms with E-state index in [0.717, 1.165) is 16.8 Å². The predicted octanol–water partition coefficient (Wildman–Crippen LogP) is 4.34. The normalized spacial score (nSPS) is 11.2. The van der Waals surface area contributed by atoms with Crippen LogP contribution in [0.15, 0.2) is 67.4 Å². The zero-order valence-corrected chi connectivity index (χ0v) is 9.93. The standard InChI is InChI=1S/C16H15N/c1-3-13(4-2)14-8-10-15(11-9-14)16-7-5-6-12-17-16/h3-12H,1H2,2H3/b13-4+. The van der Waals surface area contributed by atoms with E-state index >= 15 is 0 Å². The van der Waals surface area contributed by atoms with Crippen molar-refractivity contribution < 1.29 is 0 Å². The van der Waals surface area contributed by atoms with E-state index in [-0.39, 0.29) is 0 Å². The lowest BCUT2D eigenvalue weighted by molar-refractivity contribution is 1.33. The second kappa shape index (κ2) is 5.26. The molecule has 0 bridgehead atoms. The Morgan fingerprint density at radius 2 is 1.88 bits per heavy atom. The maximum absolute atomic E-state index is 4.33. The Bertz CT molecular complexity index is 521. The van der Waals surface area contributed by atoms with Gasteiger partial charge in [-0.2, -0.15) is 0 Å². The van der Waals surface area contributed by atoms with Crippen molar-refractivity contribution >= 4 is 5.57 Å². The van der Waals surface area contributed by atoms with Crippen molar-refractivity contribution in [3.63, 3.8) is 0 Å². The van der Waals surface area contributed by atoms with Gasteiger partial charge in [0.25, 0.3) is 0 Å². The molecule has 1 heteroatoms.